The molecule has 0 aromatic carbocycles. The molecule has 18 heavy (non-hydrogen) atoms. The highest BCUT2D eigenvalue weighted by Gasteiger charge is 2.27. The van der Waals surface area contributed by atoms with E-state index in [1.807, 2.05) is 6.92 Å². The maximum atomic E-state index is 12.2. The van der Waals surface area contributed by atoms with Crippen LogP contribution in [0.25, 0.3) is 0 Å². The molecule has 0 saturated heterocycles. The Morgan fingerprint density at radius 2 is 2.22 bits per heavy atom. The zero-order valence-electron chi connectivity index (χ0n) is 10.4. The molecule has 0 bridgehead atoms. The van der Waals surface area contributed by atoms with Gasteiger partial charge in [0, 0.05) is 12.7 Å². The van der Waals surface area contributed by atoms with Crippen molar-refractivity contribution in [3.8, 4) is 0 Å². The molecule has 0 saturated carbocycles. The van der Waals surface area contributed by atoms with Gasteiger partial charge in [-0.1, -0.05) is 6.92 Å². The van der Waals surface area contributed by atoms with Gasteiger partial charge < -0.3 is 4.74 Å². The van der Waals surface area contributed by atoms with E-state index in [4.69, 9.17) is 4.74 Å². The minimum atomic E-state index is -3.69. The molecule has 0 fully saturated rings. The zero-order chi connectivity index (χ0) is 13.6. The smallest absolute Gasteiger partial charge is 0.321 e. The highest BCUT2D eigenvalue weighted by Crippen LogP contribution is 2.14. The highest BCUT2D eigenvalue weighted by molar-refractivity contribution is 7.89. The topological polar surface area (TPSA) is 92.4 Å². The summed E-state index contributed by atoms with van der Waals surface area (Å²) in [7, 11) is -3.69. The molecule has 1 aromatic rings. The molecule has 0 atom stereocenters. The first kappa shape index (κ1) is 14.7. The number of aromatic amines is 1. The molecule has 1 N–H and O–H groups in total. The molecule has 0 unspecified atom stereocenters. The Hall–Kier alpha value is -1.41. The molecular formula is C10H17N3O4S. The second kappa shape index (κ2) is 6.50. The summed E-state index contributed by atoms with van der Waals surface area (Å²) < 4.78 is 30.2. The molecule has 0 aliphatic heterocycles. The van der Waals surface area contributed by atoms with Crippen LogP contribution >= 0.6 is 0 Å². The summed E-state index contributed by atoms with van der Waals surface area (Å²) in [5.74, 6) is -0.557. The molecule has 0 aliphatic rings. The lowest BCUT2D eigenvalue weighted by atomic mass is 10.5. The van der Waals surface area contributed by atoms with Crippen LogP contribution in [0.1, 0.15) is 20.3 Å². The van der Waals surface area contributed by atoms with Gasteiger partial charge in [-0.3, -0.25) is 9.89 Å². The Balaban J connectivity index is 2.88. The number of H-pyrrole nitrogens is 1. The molecule has 0 aliphatic carbocycles. The highest BCUT2D eigenvalue weighted by atomic mass is 32.2. The van der Waals surface area contributed by atoms with Gasteiger partial charge in [0.25, 0.3) is 0 Å². The summed E-state index contributed by atoms with van der Waals surface area (Å²) in [6, 6.07) is 0. The first-order chi connectivity index (χ1) is 8.52. The van der Waals surface area contributed by atoms with Gasteiger partial charge in [0.1, 0.15) is 11.4 Å². The van der Waals surface area contributed by atoms with E-state index >= 15 is 0 Å². The summed E-state index contributed by atoms with van der Waals surface area (Å²) in [6.45, 7) is 3.71. The minimum absolute atomic E-state index is 0.0419. The van der Waals surface area contributed by atoms with Gasteiger partial charge in [-0.25, -0.2) is 8.42 Å². The van der Waals surface area contributed by atoms with E-state index in [2.05, 4.69) is 10.2 Å². The molecule has 7 nitrogen and oxygen atoms in total. The molecule has 0 radical (unpaired) electrons. The van der Waals surface area contributed by atoms with Crippen LogP contribution in [0, 0.1) is 0 Å². The fourth-order valence-electron chi connectivity index (χ4n) is 1.41. The van der Waals surface area contributed by atoms with Gasteiger partial charge in [-0.15, -0.1) is 0 Å². The first-order valence-corrected chi connectivity index (χ1v) is 7.11. The number of nitrogens with zero attached hydrogens (tertiary/aromatic N) is 2. The number of ether oxygens (including phenoxy) is 1. The monoisotopic (exact) mass is 275 g/mol. The molecular weight excluding hydrogens is 258 g/mol. The van der Waals surface area contributed by atoms with Crippen LogP contribution in [-0.2, 0) is 19.6 Å². The lowest BCUT2D eigenvalue weighted by Gasteiger charge is -2.19. The van der Waals surface area contributed by atoms with Crippen LogP contribution in [-0.4, -0.2) is 48.6 Å². The van der Waals surface area contributed by atoms with Crippen LogP contribution < -0.4 is 0 Å². The number of aromatic nitrogens is 2. The van der Waals surface area contributed by atoms with Crippen LogP contribution in [0.2, 0.25) is 0 Å². The Bertz CT molecular complexity index is 469. The molecule has 0 amide bonds. The first-order valence-electron chi connectivity index (χ1n) is 5.67. The van der Waals surface area contributed by atoms with Crippen LogP contribution in [0.15, 0.2) is 17.3 Å². The van der Waals surface area contributed by atoms with Crippen LogP contribution in [0.5, 0.6) is 0 Å². The van der Waals surface area contributed by atoms with E-state index in [9.17, 15) is 13.2 Å². The molecule has 8 heteroatoms. The van der Waals surface area contributed by atoms with Crippen LogP contribution in [0.4, 0.5) is 0 Å². The number of rotatable bonds is 7. The van der Waals surface area contributed by atoms with Gasteiger partial charge in [0.05, 0.1) is 12.8 Å². The summed E-state index contributed by atoms with van der Waals surface area (Å²) in [6.07, 6.45) is 3.10. The summed E-state index contributed by atoms with van der Waals surface area (Å²) in [4.78, 5) is 11.4. The SMILES string of the molecule is CCCN(CC(=O)OCC)S(=O)(=O)c1cn[nH]c1. The Morgan fingerprint density at radius 1 is 1.50 bits per heavy atom. The number of carbonyl (C=O) groups excluding carboxylic acids is 1. The quantitative estimate of drug-likeness (QED) is 0.726. The van der Waals surface area contributed by atoms with Crippen molar-refractivity contribution in [3.63, 3.8) is 0 Å². The third kappa shape index (κ3) is 3.54. The molecule has 1 heterocycles. The fourth-order valence-corrected chi connectivity index (χ4v) is 2.80. The summed E-state index contributed by atoms with van der Waals surface area (Å²) in [5, 5.41) is 6.04. The van der Waals surface area contributed by atoms with Crippen molar-refractivity contribution in [2.45, 2.75) is 25.2 Å². The molecule has 0 spiro atoms. The minimum Gasteiger partial charge on any atom is -0.465 e. The van der Waals surface area contributed by atoms with Gasteiger partial charge in [-0.2, -0.15) is 9.40 Å². The lowest BCUT2D eigenvalue weighted by molar-refractivity contribution is -0.143. The second-order valence-electron chi connectivity index (χ2n) is 3.58. The zero-order valence-corrected chi connectivity index (χ0v) is 11.2. The van der Waals surface area contributed by atoms with E-state index in [-0.39, 0.29) is 24.6 Å². The van der Waals surface area contributed by atoms with E-state index in [1.165, 1.54) is 12.4 Å². The van der Waals surface area contributed by atoms with Gasteiger partial charge in [-0.05, 0) is 13.3 Å². The Morgan fingerprint density at radius 3 is 2.72 bits per heavy atom. The van der Waals surface area contributed by atoms with E-state index in [0.29, 0.717) is 6.42 Å². The second-order valence-corrected chi connectivity index (χ2v) is 5.52. The number of nitrogens with one attached hydrogen (secondary N) is 1. The van der Waals surface area contributed by atoms with Gasteiger partial charge in [0.2, 0.25) is 10.0 Å². The predicted molar refractivity (Wildman–Crippen MR) is 64.3 cm³/mol. The fraction of sp³-hybridized carbons (Fsp3) is 0.600. The number of hydrogen-bond donors (Lipinski definition) is 1. The number of carbonyl (C=O) groups is 1. The van der Waals surface area contributed by atoms with Crippen molar-refractivity contribution < 1.29 is 17.9 Å². The Labute approximate surface area is 106 Å². The average molecular weight is 275 g/mol. The van der Waals surface area contributed by atoms with Gasteiger partial charge in [0.15, 0.2) is 0 Å². The van der Waals surface area contributed by atoms with E-state index < -0.39 is 16.0 Å². The summed E-state index contributed by atoms with van der Waals surface area (Å²) in [5.41, 5.74) is 0. The van der Waals surface area contributed by atoms with Crippen molar-refractivity contribution in [2.75, 3.05) is 19.7 Å². The number of esters is 1. The lowest BCUT2D eigenvalue weighted by Crippen LogP contribution is -2.36. The van der Waals surface area contributed by atoms with Gasteiger partial charge >= 0.3 is 5.97 Å². The van der Waals surface area contributed by atoms with Crippen molar-refractivity contribution in [3.05, 3.63) is 12.4 Å². The number of hydrogen-bond acceptors (Lipinski definition) is 5. The Kier molecular flexibility index (Phi) is 5.29. The normalized spacial score (nSPS) is 11.7. The number of sulfonamides is 1. The van der Waals surface area contributed by atoms with Crippen molar-refractivity contribution >= 4 is 16.0 Å². The maximum Gasteiger partial charge on any atom is 0.321 e. The maximum absolute atomic E-state index is 12.2. The van der Waals surface area contributed by atoms with E-state index in [1.54, 1.807) is 6.92 Å². The van der Waals surface area contributed by atoms with Crippen molar-refractivity contribution in [1.29, 1.82) is 0 Å². The molecule has 1 aromatic heterocycles. The van der Waals surface area contributed by atoms with E-state index in [0.717, 1.165) is 4.31 Å². The third-order valence-electron chi connectivity index (χ3n) is 2.19. The van der Waals surface area contributed by atoms with Crippen molar-refractivity contribution in [1.82, 2.24) is 14.5 Å². The third-order valence-corrected chi connectivity index (χ3v) is 4.01. The predicted octanol–water partition coefficient (Wildman–Crippen LogP) is 0.373. The van der Waals surface area contributed by atoms with Crippen LogP contribution in [0.3, 0.4) is 0 Å². The standard InChI is InChI=1S/C10H17N3O4S/c1-3-5-13(8-10(14)17-4-2)18(15,16)9-6-11-12-7-9/h6-7H,3-5,8H2,1-2H3,(H,11,12). The summed E-state index contributed by atoms with van der Waals surface area (Å²) >= 11 is 0. The largest absolute Gasteiger partial charge is 0.465 e. The molecule has 1 rings (SSSR count). The van der Waals surface area contributed by atoms with Crippen molar-refractivity contribution in [2.24, 2.45) is 0 Å². The average Bonchev–Trinajstić information content (AvgIpc) is 2.82. The molecule has 102 valence electrons.